The third-order valence-electron chi connectivity index (χ3n) is 2.32. The lowest BCUT2D eigenvalue weighted by Crippen LogP contribution is -1.99. The molecule has 16 heavy (non-hydrogen) atoms. The average molecular weight is 242 g/mol. The molecular formula is C12H19O3P. The number of hydrogen-bond acceptors (Lipinski definition) is 2. The molecule has 3 nitrogen and oxygen atoms in total. The van der Waals surface area contributed by atoms with Gasteiger partial charge in [0.2, 0.25) is 0 Å². The fourth-order valence-corrected chi connectivity index (χ4v) is 2.42. The quantitative estimate of drug-likeness (QED) is 0.589. The first kappa shape index (κ1) is 13.4. The Hall–Kier alpha value is -0.630. The molecule has 0 radical (unpaired) electrons. The van der Waals surface area contributed by atoms with E-state index >= 15 is 0 Å². The lowest BCUT2D eigenvalue weighted by atomic mass is 10.2. The van der Waals surface area contributed by atoms with Crippen LogP contribution in [0.1, 0.15) is 25.3 Å². The van der Waals surface area contributed by atoms with Crippen molar-refractivity contribution in [2.75, 3.05) is 12.8 Å². The molecule has 0 spiro atoms. The summed E-state index contributed by atoms with van der Waals surface area (Å²) in [6.07, 6.45) is 2.58. The molecule has 1 aromatic rings. The highest BCUT2D eigenvalue weighted by Gasteiger charge is 2.18. The first-order valence-corrected chi connectivity index (χ1v) is 7.40. The van der Waals surface area contributed by atoms with Crippen LogP contribution in [0.15, 0.2) is 30.3 Å². The molecule has 0 saturated heterocycles. The minimum absolute atomic E-state index is 0.195. The minimum Gasteiger partial charge on any atom is -0.324 e. The molecule has 0 fully saturated rings. The van der Waals surface area contributed by atoms with Gasteiger partial charge in [0.05, 0.1) is 12.8 Å². The number of hydrogen-bond donors (Lipinski definition) is 1. The van der Waals surface area contributed by atoms with Gasteiger partial charge in [0.15, 0.2) is 0 Å². The van der Waals surface area contributed by atoms with Gasteiger partial charge in [-0.15, -0.1) is 0 Å². The normalized spacial score (nSPS) is 14.6. The fourth-order valence-electron chi connectivity index (χ4n) is 1.33. The van der Waals surface area contributed by atoms with Crippen LogP contribution in [0.3, 0.4) is 0 Å². The predicted molar refractivity (Wildman–Crippen MR) is 65.7 cm³/mol. The molecule has 1 aromatic carbocycles. The molecule has 0 aliphatic rings. The molecule has 90 valence electrons. The van der Waals surface area contributed by atoms with Gasteiger partial charge < -0.3 is 9.42 Å². The van der Waals surface area contributed by atoms with Crippen LogP contribution in [0, 0.1) is 0 Å². The van der Waals surface area contributed by atoms with Crippen LogP contribution in [-0.2, 0) is 15.5 Å². The number of benzene rings is 1. The molecule has 4 heteroatoms. The molecule has 1 atom stereocenters. The summed E-state index contributed by atoms with van der Waals surface area (Å²) in [6, 6.07) is 9.68. The van der Waals surface area contributed by atoms with E-state index < -0.39 is 7.60 Å². The first-order chi connectivity index (χ1) is 7.64. The number of aryl methyl sites for hydroxylation is 1. The lowest BCUT2D eigenvalue weighted by Gasteiger charge is -2.11. The van der Waals surface area contributed by atoms with Gasteiger partial charge >= 0.3 is 7.60 Å². The van der Waals surface area contributed by atoms with E-state index in [9.17, 15) is 9.46 Å². The standard InChI is InChI=1S/C12H19O3P/c1-2-3-10-15-16(13,14)11-9-12-7-5-4-6-8-12/h4-8H,2-3,9-11H2,1H3,(H,13,14). The molecule has 0 heterocycles. The van der Waals surface area contributed by atoms with E-state index in [1.165, 1.54) is 0 Å². The van der Waals surface area contributed by atoms with E-state index in [4.69, 9.17) is 4.52 Å². The first-order valence-electron chi connectivity index (χ1n) is 5.64. The van der Waals surface area contributed by atoms with Gasteiger partial charge in [-0.2, -0.15) is 0 Å². The molecule has 0 aliphatic heterocycles. The summed E-state index contributed by atoms with van der Waals surface area (Å²) in [5.41, 5.74) is 1.07. The summed E-state index contributed by atoms with van der Waals surface area (Å²) in [5.74, 6) is 0. The van der Waals surface area contributed by atoms with E-state index in [0.717, 1.165) is 18.4 Å². The van der Waals surface area contributed by atoms with E-state index in [1.807, 2.05) is 37.3 Å². The average Bonchev–Trinajstić information content (AvgIpc) is 2.28. The Labute approximate surface area is 97.0 Å². The molecule has 0 aliphatic carbocycles. The zero-order valence-electron chi connectivity index (χ0n) is 9.63. The summed E-state index contributed by atoms with van der Waals surface area (Å²) >= 11 is 0. The van der Waals surface area contributed by atoms with Gasteiger partial charge in [-0.3, -0.25) is 4.57 Å². The van der Waals surface area contributed by atoms with E-state index in [2.05, 4.69) is 0 Å². The Morgan fingerprint density at radius 2 is 2.00 bits per heavy atom. The van der Waals surface area contributed by atoms with Gasteiger partial charge in [-0.25, -0.2) is 0 Å². The smallest absolute Gasteiger partial charge is 0.324 e. The van der Waals surface area contributed by atoms with Crippen molar-refractivity contribution in [2.45, 2.75) is 26.2 Å². The molecule has 1 N–H and O–H groups in total. The van der Waals surface area contributed by atoms with Gasteiger partial charge in [-0.1, -0.05) is 43.7 Å². The molecule has 1 unspecified atom stereocenters. The van der Waals surface area contributed by atoms with Crippen LogP contribution >= 0.6 is 7.60 Å². The van der Waals surface area contributed by atoms with Crippen LogP contribution in [0.2, 0.25) is 0 Å². The van der Waals surface area contributed by atoms with Crippen molar-refractivity contribution >= 4 is 7.60 Å². The maximum Gasteiger partial charge on any atom is 0.328 e. The Bertz CT molecular complexity index is 337. The van der Waals surface area contributed by atoms with E-state index in [1.54, 1.807) is 0 Å². The Balaban J connectivity index is 2.33. The fraction of sp³-hybridized carbons (Fsp3) is 0.500. The second-order valence-corrected chi connectivity index (χ2v) is 5.76. The van der Waals surface area contributed by atoms with Crippen LogP contribution in [0.4, 0.5) is 0 Å². The monoisotopic (exact) mass is 242 g/mol. The maximum atomic E-state index is 11.6. The van der Waals surface area contributed by atoms with E-state index in [0.29, 0.717) is 13.0 Å². The van der Waals surface area contributed by atoms with E-state index in [-0.39, 0.29) is 6.16 Å². The number of unbranched alkanes of at least 4 members (excludes halogenated alkanes) is 1. The number of rotatable bonds is 7. The predicted octanol–water partition coefficient (Wildman–Crippen LogP) is 3.23. The van der Waals surface area contributed by atoms with Crippen LogP contribution in [0.25, 0.3) is 0 Å². The summed E-state index contributed by atoms with van der Waals surface area (Å²) in [4.78, 5) is 9.54. The van der Waals surface area contributed by atoms with Crippen molar-refractivity contribution in [2.24, 2.45) is 0 Å². The van der Waals surface area contributed by atoms with Crippen molar-refractivity contribution in [1.29, 1.82) is 0 Å². The second kappa shape index (κ2) is 6.85. The summed E-state index contributed by atoms with van der Waals surface area (Å²) in [5, 5.41) is 0. The molecule has 1 rings (SSSR count). The molecular weight excluding hydrogens is 223 g/mol. The Morgan fingerprint density at radius 3 is 2.62 bits per heavy atom. The molecule has 0 aromatic heterocycles. The van der Waals surface area contributed by atoms with Crippen molar-refractivity contribution in [3.05, 3.63) is 35.9 Å². The maximum absolute atomic E-state index is 11.6. The topological polar surface area (TPSA) is 46.5 Å². The third kappa shape index (κ3) is 5.45. The van der Waals surface area contributed by atoms with Crippen LogP contribution < -0.4 is 0 Å². The van der Waals surface area contributed by atoms with Gasteiger partial charge in [0.1, 0.15) is 0 Å². The van der Waals surface area contributed by atoms with Crippen molar-refractivity contribution < 1.29 is 14.0 Å². The highest BCUT2D eigenvalue weighted by molar-refractivity contribution is 7.52. The van der Waals surface area contributed by atoms with Crippen LogP contribution in [0.5, 0.6) is 0 Å². The Kier molecular flexibility index (Phi) is 5.75. The largest absolute Gasteiger partial charge is 0.328 e. The van der Waals surface area contributed by atoms with Crippen LogP contribution in [-0.4, -0.2) is 17.7 Å². The van der Waals surface area contributed by atoms with Gasteiger partial charge in [0.25, 0.3) is 0 Å². The zero-order valence-corrected chi connectivity index (χ0v) is 10.5. The molecule has 0 bridgehead atoms. The molecule has 0 amide bonds. The lowest BCUT2D eigenvalue weighted by molar-refractivity contribution is 0.255. The molecule has 0 saturated carbocycles. The summed E-state index contributed by atoms with van der Waals surface area (Å²) in [7, 11) is -3.39. The second-order valence-electron chi connectivity index (χ2n) is 3.78. The Morgan fingerprint density at radius 1 is 1.31 bits per heavy atom. The van der Waals surface area contributed by atoms with Crippen molar-refractivity contribution in [3.8, 4) is 0 Å². The third-order valence-corrected chi connectivity index (χ3v) is 3.69. The SMILES string of the molecule is CCCCOP(=O)(O)CCc1ccccc1. The van der Waals surface area contributed by atoms with Gasteiger partial charge in [0, 0.05) is 0 Å². The van der Waals surface area contributed by atoms with Crippen molar-refractivity contribution in [1.82, 2.24) is 0 Å². The van der Waals surface area contributed by atoms with Gasteiger partial charge in [-0.05, 0) is 18.4 Å². The summed E-state index contributed by atoms with van der Waals surface area (Å²) in [6.45, 7) is 2.40. The highest BCUT2D eigenvalue weighted by atomic mass is 31.2. The zero-order chi connectivity index (χ0) is 11.9. The highest BCUT2D eigenvalue weighted by Crippen LogP contribution is 2.42. The van der Waals surface area contributed by atoms with Crippen molar-refractivity contribution in [3.63, 3.8) is 0 Å². The minimum atomic E-state index is -3.39. The summed E-state index contributed by atoms with van der Waals surface area (Å²) < 4.78 is 16.6.